The van der Waals surface area contributed by atoms with Gasteiger partial charge in [-0.15, -0.1) is 0 Å². The lowest BCUT2D eigenvalue weighted by Gasteiger charge is -2.30. The number of nitrogens with zero attached hydrogens (tertiary/aromatic N) is 1. The van der Waals surface area contributed by atoms with Gasteiger partial charge in [0.15, 0.2) is 0 Å². The molecule has 0 aliphatic heterocycles. The Morgan fingerprint density at radius 2 is 0.895 bits per heavy atom. The lowest BCUT2D eigenvalue weighted by atomic mass is 10.0. The maximum absolute atomic E-state index is 13.5. The van der Waals surface area contributed by atoms with Crippen molar-refractivity contribution < 1.29 is 37.3 Å². The number of carbonyl (C=O) groups excluding carboxylic acids is 2. The van der Waals surface area contributed by atoms with Crippen molar-refractivity contribution >= 4 is 19.7 Å². The number of quaternary nitrogens is 1. The summed E-state index contributed by atoms with van der Waals surface area (Å²) in [6.07, 6.45) is 74.8. The third kappa shape index (κ3) is 55.4. The molecule has 0 fully saturated rings. The van der Waals surface area contributed by atoms with Gasteiger partial charge in [-0.3, -0.25) is 14.2 Å². The molecule has 0 radical (unpaired) electrons. The van der Waals surface area contributed by atoms with Crippen molar-refractivity contribution in [2.75, 3.05) is 40.9 Å². The number of rotatable bonds is 54. The molecule has 436 valence electrons. The SMILES string of the molecule is CC\C=C/C=C/C=C/C=C\C=C\C=C\CCCCCC(=O)OC(/C=C\CCCCCCCCCCCC)C(COP(=O)([O-])OCC[N+](C)(C)C)NC(=O)CCCCCCCCCCCCC/C=C\C/C=C\CCCCC. The van der Waals surface area contributed by atoms with Crippen LogP contribution in [0, 0.1) is 0 Å². The minimum absolute atomic E-state index is 0.0357. The summed E-state index contributed by atoms with van der Waals surface area (Å²) >= 11 is 0. The number of phosphoric ester groups is 1. The standard InChI is InChI=1S/C66H115N2O7P/c1-7-10-13-16-19-22-25-28-30-32-33-34-35-37-38-40-43-46-49-52-55-58-65(69)67-63(62-74-76(71,72)73-61-60-68(4,5)6)64(57-54-51-48-45-42-27-24-21-18-15-12-9-3)75-66(70)59-56-53-50-47-44-41-39-36-31-29-26-23-20-17-14-11-8-2/h11,14,17,19-20,22-23,26,28-31,36,39,41,44,54,57,63-64H,7-10,12-13,15-16,18,21,24-25,27,32-35,37-38,40,42-43,45-53,55-56,58-62H2,1-6H3,(H-,67,69,71,72)/b14-11-,20-17+,22-19-,26-23+,30-28-,31-29-,39-36+,44-41+,57-54-. The van der Waals surface area contributed by atoms with Gasteiger partial charge in [0.05, 0.1) is 33.8 Å². The van der Waals surface area contributed by atoms with Crippen molar-refractivity contribution in [3.8, 4) is 0 Å². The maximum atomic E-state index is 13.5. The number of likely N-dealkylation sites (N-methyl/N-ethyl adjacent to an activating group) is 1. The molecule has 1 amide bonds. The van der Waals surface area contributed by atoms with Crippen molar-refractivity contribution in [2.45, 2.75) is 258 Å². The van der Waals surface area contributed by atoms with Crippen LogP contribution in [0.25, 0.3) is 0 Å². The molecular formula is C66H115N2O7P. The molecule has 3 atom stereocenters. The second-order valence-electron chi connectivity index (χ2n) is 21.6. The summed E-state index contributed by atoms with van der Waals surface area (Å²) in [5, 5.41) is 3.01. The molecule has 76 heavy (non-hydrogen) atoms. The van der Waals surface area contributed by atoms with Crippen LogP contribution in [-0.4, -0.2) is 69.4 Å². The minimum atomic E-state index is -4.72. The van der Waals surface area contributed by atoms with Gasteiger partial charge in [-0.05, 0) is 83.1 Å². The number of hydrogen-bond donors (Lipinski definition) is 1. The highest BCUT2D eigenvalue weighted by atomic mass is 31.2. The van der Waals surface area contributed by atoms with E-state index in [2.05, 4.69) is 62.5 Å². The van der Waals surface area contributed by atoms with E-state index >= 15 is 0 Å². The van der Waals surface area contributed by atoms with E-state index in [-0.39, 0.29) is 24.9 Å². The molecule has 3 unspecified atom stereocenters. The first-order valence-corrected chi connectivity index (χ1v) is 32.2. The van der Waals surface area contributed by atoms with Crippen LogP contribution in [0.1, 0.15) is 245 Å². The van der Waals surface area contributed by atoms with Gasteiger partial charge in [-0.1, -0.05) is 259 Å². The maximum Gasteiger partial charge on any atom is 0.306 e. The highest BCUT2D eigenvalue weighted by Crippen LogP contribution is 2.38. The van der Waals surface area contributed by atoms with Gasteiger partial charge in [0.1, 0.15) is 19.3 Å². The quantitative estimate of drug-likeness (QED) is 0.0161. The Hall–Kier alpha value is -3.33. The summed E-state index contributed by atoms with van der Waals surface area (Å²) in [4.78, 5) is 40.0. The summed E-state index contributed by atoms with van der Waals surface area (Å²) in [6, 6.07) is -0.914. The molecule has 0 aliphatic rings. The molecule has 0 spiro atoms. The number of carbonyl (C=O) groups is 2. The molecular weight excluding hydrogens is 964 g/mol. The average molecular weight is 1080 g/mol. The molecule has 1 N–H and O–H groups in total. The fourth-order valence-corrected chi connectivity index (χ4v) is 9.07. The predicted molar refractivity (Wildman–Crippen MR) is 325 cm³/mol. The highest BCUT2D eigenvalue weighted by molar-refractivity contribution is 7.45. The van der Waals surface area contributed by atoms with Crippen molar-refractivity contribution in [2.24, 2.45) is 0 Å². The summed E-state index contributed by atoms with van der Waals surface area (Å²) in [5.74, 6) is -0.599. The highest BCUT2D eigenvalue weighted by Gasteiger charge is 2.27. The number of phosphoric acid groups is 1. The van der Waals surface area contributed by atoms with E-state index in [9.17, 15) is 19.0 Å². The zero-order valence-electron chi connectivity index (χ0n) is 49.7. The Morgan fingerprint density at radius 1 is 0.487 bits per heavy atom. The van der Waals surface area contributed by atoms with Crippen LogP contribution in [0.3, 0.4) is 0 Å². The normalized spacial score (nSPS) is 14.5. The fourth-order valence-electron chi connectivity index (χ4n) is 8.35. The molecule has 9 nitrogen and oxygen atoms in total. The summed E-state index contributed by atoms with van der Waals surface area (Å²) in [6.45, 7) is 6.63. The van der Waals surface area contributed by atoms with Crippen molar-refractivity contribution in [3.63, 3.8) is 0 Å². The van der Waals surface area contributed by atoms with Crippen LogP contribution >= 0.6 is 7.82 Å². The van der Waals surface area contributed by atoms with Gasteiger partial charge in [-0.2, -0.15) is 0 Å². The van der Waals surface area contributed by atoms with Crippen molar-refractivity contribution in [3.05, 3.63) is 109 Å². The van der Waals surface area contributed by atoms with Crippen LogP contribution < -0.4 is 10.2 Å². The Kier molecular flexibility index (Phi) is 52.6. The molecule has 0 saturated heterocycles. The lowest BCUT2D eigenvalue weighted by molar-refractivity contribution is -0.870. The number of amides is 1. The van der Waals surface area contributed by atoms with Gasteiger partial charge in [0.2, 0.25) is 5.91 Å². The first-order chi connectivity index (χ1) is 36.9. The van der Waals surface area contributed by atoms with Crippen LogP contribution in [-0.2, 0) is 27.9 Å². The predicted octanol–water partition coefficient (Wildman–Crippen LogP) is 18.3. The third-order valence-corrected chi connectivity index (χ3v) is 14.1. The number of unbranched alkanes of at least 4 members (excludes halogenated alkanes) is 27. The first-order valence-electron chi connectivity index (χ1n) is 30.8. The van der Waals surface area contributed by atoms with Crippen molar-refractivity contribution in [1.82, 2.24) is 5.32 Å². The molecule has 0 aromatic heterocycles. The molecule has 0 aliphatic carbocycles. The molecule has 0 bridgehead atoms. The average Bonchev–Trinajstić information content (AvgIpc) is 3.38. The Labute approximate surface area is 468 Å². The van der Waals surface area contributed by atoms with Gasteiger partial charge >= 0.3 is 5.97 Å². The lowest BCUT2D eigenvalue weighted by Crippen LogP contribution is -2.47. The van der Waals surface area contributed by atoms with Crippen LogP contribution in [0.4, 0.5) is 0 Å². The van der Waals surface area contributed by atoms with E-state index in [1.807, 2.05) is 94.1 Å². The molecule has 0 rings (SSSR count). The largest absolute Gasteiger partial charge is 0.756 e. The molecule has 0 aromatic rings. The minimum Gasteiger partial charge on any atom is -0.756 e. The second-order valence-corrected chi connectivity index (χ2v) is 23.0. The van der Waals surface area contributed by atoms with Crippen molar-refractivity contribution in [1.29, 1.82) is 0 Å². The van der Waals surface area contributed by atoms with E-state index in [1.54, 1.807) is 0 Å². The van der Waals surface area contributed by atoms with Gasteiger partial charge < -0.3 is 28.5 Å². The Morgan fingerprint density at radius 3 is 1.41 bits per heavy atom. The molecule has 0 saturated carbocycles. The fraction of sp³-hybridized carbons (Fsp3) is 0.697. The van der Waals surface area contributed by atoms with Gasteiger partial charge in [0.25, 0.3) is 7.82 Å². The Balaban J connectivity index is 5.33. The number of allylic oxidation sites excluding steroid dienone is 17. The second kappa shape index (κ2) is 55.0. The summed E-state index contributed by atoms with van der Waals surface area (Å²) < 4.78 is 30.3. The van der Waals surface area contributed by atoms with Gasteiger partial charge in [-0.25, -0.2) is 0 Å². The number of esters is 1. The molecule has 0 aromatic carbocycles. The van der Waals surface area contributed by atoms with E-state index in [0.29, 0.717) is 23.9 Å². The zero-order valence-corrected chi connectivity index (χ0v) is 50.6. The molecule has 0 heterocycles. The zero-order chi connectivity index (χ0) is 55.7. The monoisotopic (exact) mass is 1080 g/mol. The Bertz CT molecular complexity index is 1670. The van der Waals surface area contributed by atoms with Gasteiger partial charge in [0, 0.05) is 12.8 Å². The first kappa shape index (κ1) is 72.7. The number of ether oxygens (including phenoxy) is 1. The topological polar surface area (TPSA) is 114 Å². The van der Waals surface area contributed by atoms with E-state index < -0.39 is 26.6 Å². The van der Waals surface area contributed by atoms with E-state index in [1.165, 1.54) is 128 Å². The number of hydrogen-bond acceptors (Lipinski definition) is 7. The van der Waals surface area contributed by atoms with Crippen LogP contribution in [0.5, 0.6) is 0 Å². The summed E-state index contributed by atoms with van der Waals surface area (Å²) in [7, 11) is 1.14. The molecule has 10 heteroatoms. The van der Waals surface area contributed by atoms with E-state index in [0.717, 1.165) is 77.0 Å². The smallest absolute Gasteiger partial charge is 0.306 e. The summed E-state index contributed by atoms with van der Waals surface area (Å²) in [5.41, 5.74) is 0. The third-order valence-electron chi connectivity index (χ3n) is 13.1. The van der Waals surface area contributed by atoms with Crippen LogP contribution in [0.15, 0.2) is 109 Å². The van der Waals surface area contributed by atoms with E-state index in [4.69, 9.17) is 13.8 Å². The number of nitrogens with one attached hydrogen (secondary N) is 1. The van der Waals surface area contributed by atoms with Crippen LogP contribution in [0.2, 0.25) is 0 Å².